The van der Waals surface area contributed by atoms with E-state index in [9.17, 15) is 0 Å². The normalized spacial score (nSPS) is 19.1. The van der Waals surface area contributed by atoms with Gasteiger partial charge in [-0.05, 0) is 70.1 Å². The Bertz CT molecular complexity index is 1210. The van der Waals surface area contributed by atoms with E-state index in [2.05, 4.69) is 73.7 Å². The van der Waals surface area contributed by atoms with Gasteiger partial charge in [-0.25, -0.2) is 9.98 Å². The first kappa shape index (κ1) is 29.1. The van der Waals surface area contributed by atoms with Crippen molar-refractivity contribution in [3.05, 3.63) is 102 Å². The van der Waals surface area contributed by atoms with Crippen LogP contribution in [0.25, 0.3) is 0 Å². The van der Waals surface area contributed by atoms with Gasteiger partial charge >= 0.3 is 0 Å². The average Bonchev–Trinajstić information content (AvgIpc) is 3.73. The summed E-state index contributed by atoms with van der Waals surface area (Å²) in [5.41, 5.74) is 5.36. The molecule has 0 spiro atoms. The predicted molar refractivity (Wildman–Crippen MR) is 159 cm³/mol. The molecule has 0 bridgehead atoms. The maximum atomic E-state index is 6.04. The Balaban J connectivity index is 1.74. The first-order valence-electron chi connectivity index (χ1n) is 13.4. The summed E-state index contributed by atoms with van der Waals surface area (Å²) < 4.78 is 11.8. The number of ether oxygens (including phenoxy) is 2. The highest BCUT2D eigenvalue weighted by Gasteiger charge is 2.41. The van der Waals surface area contributed by atoms with Crippen LogP contribution in [0, 0.1) is 6.92 Å². The highest BCUT2D eigenvalue weighted by Crippen LogP contribution is 2.40. The van der Waals surface area contributed by atoms with Gasteiger partial charge in [0.05, 0.1) is 0 Å². The summed E-state index contributed by atoms with van der Waals surface area (Å²) in [6.07, 6.45) is 13.3. The number of benzene rings is 1. The van der Waals surface area contributed by atoms with Crippen LogP contribution in [0.3, 0.4) is 0 Å². The first-order valence-corrected chi connectivity index (χ1v) is 13.4. The quantitative estimate of drug-likeness (QED) is 0.127. The Morgan fingerprint density at radius 3 is 2.55 bits per heavy atom. The van der Waals surface area contributed by atoms with Crippen LogP contribution in [0.4, 0.5) is 11.5 Å². The second-order valence-corrected chi connectivity index (χ2v) is 9.62. The number of rotatable bonds is 13. The SMILES string of the molecule is C=C/C(=C\C(CC)=Nc1cc(NC(C)c2ccc(C3OC3N(C)C)cc2)c(C)cn1)OC(=CC=CC)CC. The topological polar surface area (TPSA) is 62.3 Å². The van der Waals surface area contributed by atoms with Gasteiger partial charge in [-0.3, -0.25) is 4.90 Å². The van der Waals surface area contributed by atoms with Crippen molar-refractivity contribution < 1.29 is 9.47 Å². The van der Waals surface area contributed by atoms with Crippen molar-refractivity contribution in [3.63, 3.8) is 0 Å². The number of aliphatic imine (C=N–C) groups is 1. The third-order valence-corrected chi connectivity index (χ3v) is 6.41. The van der Waals surface area contributed by atoms with Crippen molar-refractivity contribution >= 4 is 17.2 Å². The Labute approximate surface area is 228 Å². The number of aryl methyl sites for hydroxylation is 1. The molecule has 6 heteroatoms. The third kappa shape index (κ3) is 8.01. The Morgan fingerprint density at radius 1 is 1.24 bits per heavy atom. The standard InChI is InChI=1S/C32H42N4O2/c1-9-13-14-27(11-3)37-28(12-4)19-26(10-2)35-30-20-29(22(5)21-33-30)34-23(6)24-15-17-25(18-16-24)31-32(38-31)36(7)8/h9,12-21,23,31-32H,4,10-11H2,1-3,5-8H3,(H,33,34)/b13-9?,27-14?,28-19+,35-26?. The first-order chi connectivity index (χ1) is 18.3. The van der Waals surface area contributed by atoms with Gasteiger partial charge in [-0.1, -0.05) is 56.8 Å². The molecule has 1 saturated heterocycles. The molecule has 3 unspecified atom stereocenters. The second-order valence-electron chi connectivity index (χ2n) is 9.62. The molecule has 202 valence electrons. The molecule has 0 amide bonds. The molecule has 1 aromatic heterocycles. The van der Waals surface area contributed by atoms with E-state index in [0.717, 1.165) is 35.6 Å². The van der Waals surface area contributed by atoms with Crippen molar-refractivity contribution in [2.75, 3.05) is 19.4 Å². The fourth-order valence-corrected chi connectivity index (χ4v) is 3.99. The number of hydrogen-bond donors (Lipinski definition) is 1. The molecular weight excluding hydrogens is 472 g/mol. The van der Waals surface area contributed by atoms with E-state index in [0.29, 0.717) is 11.6 Å². The lowest BCUT2D eigenvalue weighted by molar-refractivity contribution is 0.244. The zero-order valence-corrected chi connectivity index (χ0v) is 23.9. The molecule has 1 aromatic carbocycles. The van der Waals surface area contributed by atoms with Crippen LogP contribution >= 0.6 is 0 Å². The Hall–Kier alpha value is -3.48. The van der Waals surface area contributed by atoms with Crippen LogP contribution in [0.2, 0.25) is 0 Å². The van der Waals surface area contributed by atoms with E-state index in [1.54, 1.807) is 6.08 Å². The zero-order chi connectivity index (χ0) is 27.7. The lowest BCUT2D eigenvalue weighted by Gasteiger charge is -2.18. The van der Waals surface area contributed by atoms with Crippen molar-refractivity contribution in [1.29, 1.82) is 0 Å². The van der Waals surface area contributed by atoms with Crippen LogP contribution in [-0.4, -0.2) is 35.9 Å². The number of pyridine rings is 1. The number of aromatic nitrogens is 1. The zero-order valence-electron chi connectivity index (χ0n) is 23.9. The van der Waals surface area contributed by atoms with Crippen LogP contribution in [0.1, 0.15) is 69.4 Å². The molecule has 1 aliphatic rings. The van der Waals surface area contributed by atoms with Gasteiger partial charge in [0, 0.05) is 42.2 Å². The summed E-state index contributed by atoms with van der Waals surface area (Å²) in [4.78, 5) is 11.5. The minimum absolute atomic E-state index is 0.120. The van der Waals surface area contributed by atoms with Crippen LogP contribution < -0.4 is 5.32 Å². The van der Waals surface area contributed by atoms with E-state index in [1.165, 1.54) is 11.1 Å². The summed E-state index contributed by atoms with van der Waals surface area (Å²) >= 11 is 0. The summed E-state index contributed by atoms with van der Waals surface area (Å²) in [5, 5.41) is 3.64. The second kappa shape index (κ2) is 13.9. The maximum absolute atomic E-state index is 6.04. The van der Waals surface area contributed by atoms with Gasteiger partial charge in [-0.15, -0.1) is 0 Å². The highest BCUT2D eigenvalue weighted by molar-refractivity contribution is 5.97. The molecule has 38 heavy (non-hydrogen) atoms. The maximum Gasteiger partial charge on any atom is 0.154 e. The molecule has 2 aromatic rings. The van der Waals surface area contributed by atoms with Crippen molar-refractivity contribution in [2.24, 2.45) is 4.99 Å². The van der Waals surface area contributed by atoms with Crippen LogP contribution in [0.15, 0.2) is 90.0 Å². The lowest BCUT2D eigenvalue weighted by atomic mass is 10.0. The summed E-state index contributed by atoms with van der Waals surface area (Å²) in [6.45, 7) is 14.2. The molecular formula is C32H42N4O2. The number of hydrogen-bond acceptors (Lipinski definition) is 6. The molecule has 2 heterocycles. The minimum atomic E-state index is 0.120. The number of allylic oxidation sites excluding steroid dienone is 6. The van der Waals surface area contributed by atoms with E-state index < -0.39 is 0 Å². The fraction of sp³-hybridized carbons (Fsp3) is 0.375. The van der Waals surface area contributed by atoms with Crippen LogP contribution in [-0.2, 0) is 9.47 Å². The van der Waals surface area contributed by atoms with E-state index in [1.807, 2.05) is 57.6 Å². The van der Waals surface area contributed by atoms with Crippen molar-refractivity contribution in [1.82, 2.24) is 9.88 Å². The lowest BCUT2D eigenvalue weighted by Crippen LogP contribution is -2.15. The third-order valence-electron chi connectivity index (χ3n) is 6.41. The molecule has 0 radical (unpaired) electrons. The van der Waals surface area contributed by atoms with Crippen molar-refractivity contribution in [2.45, 2.75) is 65.8 Å². The summed E-state index contributed by atoms with van der Waals surface area (Å²) in [7, 11) is 4.08. The fourth-order valence-electron chi connectivity index (χ4n) is 3.99. The number of anilines is 1. The number of nitrogens with one attached hydrogen (secondary N) is 1. The van der Waals surface area contributed by atoms with Crippen LogP contribution in [0.5, 0.6) is 0 Å². The largest absolute Gasteiger partial charge is 0.462 e. The monoisotopic (exact) mass is 514 g/mol. The Morgan fingerprint density at radius 2 is 1.97 bits per heavy atom. The highest BCUT2D eigenvalue weighted by atomic mass is 16.6. The summed E-state index contributed by atoms with van der Waals surface area (Å²) in [6, 6.07) is 10.8. The van der Waals surface area contributed by atoms with Crippen molar-refractivity contribution in [3.8, 4) is 0 Å². The molecule has 0 aliphatic carbocycles. The van der Waals surface area contributed by atoms with E-state index >= 15 is 0 Å². The smallest absolute Gasteiger partial charge is 0.154 e. The molecule has 6 nitrogen and oxygen atoms in total. The van der Waals surface area contributed by atoms with Gasteiger partial charge in [-0.2, -0.15) is 0 Å². The molecule has 3 atom stereocenters. The minimum Gasteiger partial charge on any atom is -0.462 e. The van der Waals surface area contributed by atoms with E-state index in [-0.39, 0.29) is 18.4 Å². The predicted octanol–water partition coefficient (Wildman–Crippen LogP) is 7.96. The van der Waals surface area contributed by atoms with Gasteiger partial charge in [0.15, 0.2) is 5.82 Å². The van der Waals surface area contributed by atoms with Gasteiger partial charge in [0.25, 0.3) is 0 Å². The Kier molecular flexibility index (Phi) is 10.6. The molecule has 3 rings (SSSR count). The average molecular weight is 515 g/mol. The summed E-state index contributed by atoms with van der Waals surface area (Å²) in [5.74, 6) is 2.19. The number of nitrogens with zero attached hydrogens (tertiary/aromatic N) is 3. The van der Waals surface area contributed by atoms with Gasteiger partial charge in [0.1, 0.15) is 23.9 Å². The molecule has 0 saturated carbocycles. The molecule has 1 fully saturated rings. The number of likely N-dealkylation sites (N-methyl/N-ethyl adjacent to an activating group) is 1. The van der Waals surface area contributed by atoms with Gasteiger partial charge in [0.2, 0.25) is 0 Å². The molecule has 1 N–H and O–H groups in total. The molecule has 1 aliphatic heterocycles. The number of epoxide rings is 1. The van der Waals surface area contributed by atoms with E-state index in [4.69, 9.17) is 14.5 Å². The van der Waals surface area contributed by atoms with Gasteiger partial charge < -0.3 is 14.8 Å².